The van der Waals surface area contributed by atoms with Gasteiger partial charge in [-0.15, -0.1) is 12.4 Å². The van der Waals surface area contributed by atoms with Gasteiger partial charge in [0, 0.05) is 36.6 Å². The summed E-state index contributed by atoms with van der Waals surface area (Å²) < 4.78 is 1.80. The van der Waals surface area contributed by atoms with Gasteiger partial charge in [0.2, 0.25) is 5.91 Å². The summed E-state index contributed by atoms with van der Waals surface area (Å²) in [4.78, 5) is 12.3. The molecule has 2 aliphatic rings. The van der Waals surface area contributed by atoms with E-state index < -0.39 is 0 Å². The van der Waals surface area contributed by atoms with Gasteiger partial charge in [-0.2, -0.15) is 5.10 Å². The maximum Gasteiger partial charge on any atom is 0.224 e. The maximum absolute atomic E-state index is 12.3. The second-order valence-electron chi connectivity index (χ2n) is 6.73. The third-order valence-corrected chi connectivity index (χ3v) is 4.96. The van der Waals surface area contributed by atoms with Crippen molar-refractivity contribution in [3.05, 3.63) is 42.7 Å². The lowest BCUT2D eigenvalue weighted by atomic mass is 9.89. The highest BCUT2D eigenvalue weighted by Gasteiger charge is 2.34. The Hall–Kier alpha value is -1.85. The fourth-order valence-corrected chi connectivity index (χ4v) is 3.94. The van der Waals surface area contributed by atoms with E-state index in [1.807, 2.05) is 36.5 Å². The number of anilines is 1. The molecule has 6 heteroatoms. The Kier molecular flexibility index (Phi) is 5.21. The number of nitrogens with one attached hydrogen (secondary N) is 2. The van der Waals surface area contributed by atoms with Crippen LogP contribution in [-0.4, -0.2) is 27.8 Å². The number of aromatic nitrogens is 2. The van der Waals surface area contributed by atoms with Gasteiger partial charge in [0.25, 0.3) is 0 Å². The van der Waals surface area contributed by atoms with Crippen LogP contribution in [0, 0.1) is 5.92 Å². The lowest BCUT2D eigenvalue weighted by Crippen LogP contribution is -2.39. The average Bonchev–Trinajstić information content (AvgIpc) is 3.18. The molecule has 1 aromatic heterocycles. The van der Waals surface area contributed by atoms with Crippen molar-refractivity contribution >= 4 is 24.0 Å². The van der Waals surface area contributed by atoms with Crippen molar-refractivity contribution in [2.24, 2.45) is 5.92 Å². The first-order valence-electron chi connectivity index (χ1n) is 8.42. The highest BCUT2D eigenvalue weighted by molar-refractivity contribution is 5.90. The van der Waals surface area contributed by atoms with Gasteiger partial charge in [-0.1, -0.05) is 0 Å². The van der Waals surface area contributed by atoms with E-state index in [9.17, 15) is 4.79 Å². The summed E-state index contributed by atoms with van der Waals surface area (Å²) in [6.45, 7) is 0. The number of carbonyl (C=O) groups is 1. The molecule has 5 nitrogen and oxygen atoms in total. The molecule has 2 aromatic rings. The van der Waals surface area contributed by atoms with Gasteiger partial charge in [-0.25, -0.2) is 4.68 Å². The number of amides is 1. The second kappa shape index (κ2) is 7.36. The van der Waals surface area contributed by atoms with E-state index in [1.54, 1.807) is 10.9 Å². The minimum Gasteiger partial charge on any atom is -0.326 e. The zero-order valence-electron chi connectivity index (χ0n) is 13.5. The summed E-state index contributed by atoms with van der Waals surface area (Å²) in [5.74, 6) is 0.653. The van der Waals surface area contributed by atoms with E-state index in [-0.39, 0.29) is 18.3 Å². The number of benzene rings is 1. The average molecular weight is 347 g/mol. The molecule has 0 spiro atoms. The molecule has 0 aliphatic carbocycles. The molecule has 128 valence electrons. The quantitative estimate of drug-likeness (QED) is 0.894. The summed E-state index contributed by atoms with van der Waals surface area (Å²) in [7, 11) is 0. The lowest BCUT2D eigenvalue weighted by molar-refractivity contribution is -0.117. The molecule has 3 heterocycles. The second-order valence-corrected chi connectivity index (χ2v) is 6.73. The number of hydrogen-bond donors (Lipinski definition) is 2. The summed E-state index contributed by atoms with van der Waals surface area (Å²) in [5.41, 5.74) is 1.84. The Balaban J connectivity index is 0.00000169. The number of rotatable bonds is 4. The van der Waals surface area contributed by atoms with Crippen LogP contribution in [0.15, 0.2) is 42.7 Å². The summed E-state index contributed by atoms with van der Waals surface area (Å²) in [6, 6.07) is 11.0. The topological polar surface area (TPSA) is 59.0 Å². The van der Waals surface area contributed by atoms with Crippen LogP contribution in [-0.2, 0) is 4.79 Å². The first kappa shape index (κ1) is 17.0. The van der Waals surface area contributed by atoms with Crippen molar-refractivity contribution in [1.29, 1.82) is 0 Å². The normalized spacial score (nSPS) is 25.1. The van der Waals surface area contributed by atoms with E-state index in [1.165, 1.54) is 12.8 Å². The number of hydrogen-bond acceptors (Lipinski definition) is 3. The first-order chi connectivity index (χ1) is 11.3. The molecule has 2 saturated heterocycles. The lowest BCUT2D eigenvalue weighted by Gasteiger charge is -2.28. The fraction of sp³-hybridized carbons (Fsp3) is 0.444. The molecule has 2 fully saturated rings. The van der Waals surface area contributed by atoms with Gasteiger partial charge in [-0.3, -0.25) is 4.79 Å². The Labute approximate surface area is 148 Å². The van der Waals surface area contributed by atoms with Gasteiger partial charge in [0.15, 0.2) is 0 Å². The summed E-state index contributed by atoms with van der Waals surface area (Å²) in [6.07, 6.45) is 9.12. The monoisotopic (exact) mass is 346 g/mol. The Morgan fingerprint density at radius 2 is 1.92 bits per heavy atom. The van der Waals surface area contributed by atoms with Crippen LogP contribution in [0.1, 0.15) is 32.1 Å². The molecule has 2 aliphatic heterocycles. The zero-order valence-corrected chi connectivity index (χ0v) is 14.3. The summed E-state index contributed by atoms with van der Waals surface area (Å²) in [5, 5.41) is 10.8. The third-order valence-electron chi connectivity index (χ3n) is 4.96. The molecule has 1 aromatic carbocycles. The molecule has 2 unspecified atom stereocenters. The molecule has 1 amide bonds. The van der Waals surface area contributed by atoms with Crippen molar-refractivity contribution in [2.75, 3.05) is 5.32 Å². The van der Waals surface area contributed by atoms with Crippen LogP contribution < -0.4 is 10.6 Å². The van der Waals surface area contributed by atoms with E-state index >= 15 is 0 Å². The Bertz CT molecular complexity index is 659. The van der Waals surface area contributed by atoms with Crippen LogP contribution in [0.4, 0.5) is 5.69 Å². The van der Waals surface area contributed by atoms with E-state index in [4.69, 9.17) is 0 Å². The summed E-state index contributed by atoms with van der Waals surface area (Å²) >= 11 is 0. The predicted molar refractivity (Wildman–Crippen MR) is 96.7 cm³/mol. The Morgan fingerprint density at radius 3 is 2.54 bits per heavy atom. The van der Waals surface area contributed by atoms with Crippen molar-refractivity contribution in [1.82, 2.24) is 15.1 Å². The zero-order chi connectivity index (χ0) is 15.6. The molecule has 4 rings (SSSR count). The molecule has 0 saturated carbocycles. The predicted octanol–water partition coefficient (Wildman–Crippen LogP) is 3.15. The molecule has 24 heavy (non-hydrogen) atoms. The number of halogens is 1. The van der Waals surface area contributed by atoms with Gasteiger partial charge in [0.1, 0.15) is 0 Å². The minimum atomic E-state index is 0. The van der Waals surface area contributed by atoms with Crippen LogP contribution in [0.5, 0.6) is 0 Å². The van der Waals surface area contributed by atoms with Crippen LogP contribution in [0.3, 0.4) is 0 Å². The minimum absolute atomic E-state index is 0. The Morgan fingerprint density at radius 1 is 1.21 bits per heavy atom. The van der Waals surface area contributed by atoms with E-state index in [2.05, 4.69) is 15.7 Å². The van der Waals surface area contributed by atoms with Gasteiger partial charge in [0.05, 0.1) is 5.69 Å². The SMILES string of the molecule is Cl.O=C(CC1CC2CCC(C1)N2)Nc1ccc(-n2cccn2)cc1. The first-order valence-corrected chi connectivity index (χ1v) is 8.42. The fourth-order valence-electron chi connectivity index (χ4n) is 3.94. The number of nitrogens with zero attached hydrogens (tertiary/aromatic N) is 2. The van der Waals surface area contributed by atoms with Crippen LogP contribution in [0.2, 0.25) is 0 Å². The van der Waals surface area contributed by atoms with Crippen LogP contribution >= 0.6 is 12.4 Å². The van der Waals surface area contributed by atoms with Crippen molar-refractivity contribution in [3.8, 4) is 5.69 Å². The molecule has 2 atom stereocenters. The standard InChI is InChI=1S/C18H22N4O.ClH/c23-18(12-13-10-15-2-3-16(11-13)20-15)21-14-4-6-17(7-5-14)22-9-1-8-19-22;/h1,4-9,13,15-16,20H,2-3,10-12H2,(H,21,23);1H. The van der Waals surface area contributed by atoms with E-state index in [0.29, 0.717) is 24.4 Å². The molecule has 0 radical (unpaired) electrons. The largest absolute Gasteiger partial charge is 0.326 e. The molecular weight excluding hydrogens is 324 g/mol. The smallest absolute Gasteiger partial charge is 0.224 e. The highest BCUT2D eigenvalue weighted by atomic mass is 35.5. The number of piperidine rings is 1. The molecule has 2 bridgehead atoms. The molecule has 2 N–H and O–H groups in total. The van der Waals surface area contributed by atoms with Crippen LogP contribution in [0.25, 0.3) is 5.69 Å². The van der Waals surface area contributed by atoms with Crippen molar-refractivity contribution in [3.63, 3.8) is 0 Å². The maximum atomic E-state index is 12.3. The van der Waals surface area contributed by atoms with Gasteiger partial charge >= 0.3 is 0 Å². The number of fused-ring (bicyclic) bond motifs is 2. The number of carbonyl (C=O) groups excluding carboxylic acids is 1. The van der Waals surface area contributed by atoms with Crippen molar-refractivity contribution < 1.29 is 4.79 Å². The van der Waals surface area contributed by atoms with Crippen molar-refractivity contribution in [2.45, 2.75) is 44.2 Å². The van der Waals surface area contributed by atoms with E-state index in [0.717, 1.165) is 24.2 Å². The highest BCUT2D eigenvalue weighted by Crippen LogP contribution is 2.32. The van der Waals surface area contributed by atoms with Gasteiger partial charge < -0.3 is 10.6 Å². The third kappa shape index (κ3) is 3.79. The molecular formula is C18H23ClN4O. The van der Waals surface area contributed by atoms with Gasteiger partial charge in [-0.05, 0) is 61.9 Å².